The van der Waals surface area contributed by atoms with Crippen molar-refractivity contribution in [2.45, 2.75) is 33.4 Å². The van der Waals surface area contributed by atoms with E-state index in [2.05, 4.69) is 24.3 Å². The average Bonchev–Trinajstić information content (AvgIpc) is 2.66. The maximum absolute atomic E-state index is 6.15. The highest BCUT2D eigenvalue weighted by atomic mass is 35.5. The first-order valence-electron chi connectivity index (χ1n) is 5.76. The highest BCUT2D eigenvalue weighted by molar-refractivity contribution is 6.31. The van der Waals surface area contributed by atoms with Gasteiger partial charge in [-0.2, -0.15) is 5.10 Å². The van der Waals surface area contributed by atoms with E-state index >= 15 is 0 Å². The molecule has 0 aromatic carbocycles. The molecule has 1 heterocycles. The van der Waals surface area contributed by atoms with Gasteiger partial charge in [0, 0.05) is 13.2 Å². The van der Waals surface area contributed by atoms with Gasteiger partial charge in [-0.05, 0) is 20.4 Å². The molecule has 0 aliphatic heterocycles. The van der Waals surface area contributed by atoms with Crippen LogP contribution >= 0.6 is 11.6 Å². The standard InChI is InChI=1S/C11H20ClN3O/c1-4-13-10(8-16-6-3)11-9(12)7-14-15(11)5-2/h7,10,13H,4-6,8H2,1-3H3. The number of likely N-dealkylation sites (N-methyl/N-ethyl adjacent to an activating group) is 1. The monoisotopic (exact) mass is 245 g/mol. The lowest BCUT2D eigenvalue weighted by Crippen LogP contribution is -2.28. The van der Waals surface area contributed by atoms with Crippen LogP contribution in [0.25, 0.3) is 0 Å². The molecule has 0 amide bonds. The normalized spacial score (nSPS) is 13.0. The molecule has 1 rings (SSSR count). The van der Waals surface area contributed by atoms with E-state index < -0.39 is 0 Å². The van der Waals surface area contributed by atoms with E-state index in [4.69, 9.17) is 16.3 Å². The molecule has 1 N–H and O–H groups in total. The number of halogens is 1. The summed E-state index contributed by atoms with van der Waals surface area (Å²) in [5.41, 5.74) is 1.01. The molecule has 1 aromatic rings. The molecule has 0 saturated heterocycles. The SMILES string of the molecule is CCNC(COCC)c1c(Cl)cnn1CC. The maximum Gasteiger partial charge on any atom is 0.0835 e. The van der Waals surface area contributed by atoms with Crippen molar-refractivity contribution in [2.24, 2.45) is 0 Å². The molecule has 1 aromatic heterocycles. The summed E-state index contributed by atoms with van der Waals surface area (Å²) in [7, 11) is 0. The zero-order valence-corrected chi connectivity index (χ0v) is 10.9. The smallest absolute Gasteiger partial charge is 0.0835 e. The molecule has 0 spiro atoms. The van der Waals surface area contributed by atoms with Gasteiger partial charge in [0.2, 0.25) is 0 Å². The molecular formula is C11H20ClN3O. The molecule has 0 aliphatic carbocycles. The van der Waals surface area contributed by atoms with Crippen LogP contribution in [0, 0.1) is 0 Å². The van der Waals surface area contributed by atoms with Crippen LogP contribution in [-0.2, 0) is 11.3 Å². The van der Waals surface area contributed by atoms with Crippen LogP contribution in [0.2, 0.25) is 5.02 Å². The molecule has 1 atom stereocenters. The lowest BCUT2D eigenvalue weighted by atomic mass is 10.2. The average molecular weight is 246 g/mol. The first kappa shape index (κ1) is 13.5. The molecule has 5 heteroatoms. The lowest BCUT2D eigenvalue weighted by Gasteiger charge is -2.19. The Morgan fingerprint density at radius 2 is 2.25 bits per heavy atom. The number of nitrogens with zero attached hydrogens (tertiary/aromatic N) is 2. The van der Waals surface area contributed by atoms with E-state index in [-0.39, 0.29) is 6.04 Å². The fourth-order valence-electron chi connectivity index (χ4n) is 1.69. The summed E-state index contributed by atoms with van der Waals surface area (Å²) in [6, 6.07) is 0.111. The number of rotatable bonds is 7. The minimum atomic E-state index is 0.111. The molecule has 0 fully saturated rings. The van der Waals surface area contributed by atoms with Gasteiger partial charge < -0.3 is 10.1 Å². The van der Waals surface area contributed by atoms with E-state index in [1.54, 1.807) is 6.20 Å². The highest BCUT2D eigenvalue weighted by Crippen LogP contribution is 2.23. The summed E-state index contributed by atoms with van der Waals surface area (Å²) < 4.78 is 7.38. The summed E-state index contributed by atoms with van der Waals surface area (Å²) >= 11 is 6.15. The van der Waals surface area contributed by atoms with Crippen LogP contribution in [0.5, 0.6) is 0 Å². The number of hydrogen-bond acceptors (Lipinski definition) is 3. The van der Waals surface area contributed by atoms with Gasteiger partial charge in [0.15, 0.2) is 0 Å². The second-order valence-corrected chi connectivity index (χ2v) is 3.87. The van der Waals surface area contributed by atoms with Gasteiger partial charge in [0.25, 0.3) is 0 Å². The largest absolute Gasteiger partial charge is 0.380 e. The second-order valence-electron chi connectivity index (χ2n) is 3.46. The van der Waals surface area contributed by atoms with Crippen LogP contribution < -0.4 is 5.32 Å². The van der Waals surface area contributed by atoms with Crippen LogP contribution in [-0.4, -0.2) is 29.5 Å². The van der Waals surface area contributed by atoms with Crippen LogP contribution in [0.3, 0.4) is 0 Å². The van der Waals surface area contributed by atoms with E-state index in [1.165, 1.54) is 0 Å². The Kier molecular flexibility index (Phi) is 5.80. The fourth-order valence-corrected chi connectivity index (χ4v) is 1.96. The van der Waals surface area contributed by atoms with Crippen molar-refractivity contribution in [3.63, 3.8) is 0 Å². The topological polar surface area (TPSA) is 39.1 Å². The Balaban J connectivity index is 2.85. The number of aromatic nitrogens is 2. The Morgan fingerprint density at radius 3 is 2.81 bits per heavy atom. The maximum atomic E-state index is 6.15. The molecule has 1 unspecified atom stereocenters. The van der Waals surface area contributed by atoms with Gasteiger partial charge in [0.1, 0.15) is 0 Å². The molecule has 0 saturated carbocycles. The Hall–Kier alpha value is -0.580. The molecule has 4 nitrogen and oxygen atoms in total. The molecular weight excluding hydrogens is 226 g/mol. The van der Waals surface area contributed by atoms with Crippen molar-refractivity contribution in [3.05, 3.63) is 16.9 Å². The first-order valence-corrected chi connectivity index (χ1v) is 6.14. The summed E-state index contributed by atoms with van der Waals surface area (Å²) in [4.78, 5) is 0. The minimum Gasteiger partial charge on any atom is -0.380 e. The number of ether oxygens (including phenoxy) is 1. The van der Waals surface area contributed by atoms with Crippen LogP contribution in [0.1, 0.15) is 32.5 Å². The quantitative estimate of drug-likeness (QED) is 0.801. The van der Waals surface area contributed by atoms with Crippen molar-refractivity contribution < 1.29 is 4.74 Å². The molecule has 0 bridgehead atoms. The molecule has 0 radical (unpaired) electrons. The van der Waals surface area contributed by atoms with E-state index in [0.29, 0.717) is 18.2 Å². The number of aryl methyl sites for hydroxylation is 1. The van der Waals surface area contributed by atoms with Crippen molar-refractivity contribution in [3.8, 4) is 0 Å². The lowest BCUT2D eigenvalue weighted by molar-refractivity contribution is 0.121. The zero-order valence-electron chi connectivity index (χ0n) is 10.2. The minimum absolute atomic E-state index is 0.111. The third-order valence-electron chi connectivity index (χ3n) is 2.40. The first-order chi connectivity index (χ1) is 7.74. The Bertz CT molecular complexity index is 314. The van der Waals surface area contributed by atoms with Crippen molar-refractivity contribution in [1.82, 2.24) is 15.1 Å². The van der Waals surface area contributed by atoms with Crippen LogP contribution in [0.15, 0.2) is 6.20 Å². The van der Waals surface area contributed by atoms with Crippen molar-refractivity contribution in [2.75, 3.05) is 19.8 Å². The van der Waals surface area contributed by atoms with Crippen molar-refractivity contribution in [1.29, 1.82) is 0 Å². The van der Waals surface area contributed by atoms with Gasteiger partial charge in [-0.3, -0.25) is 4.68 Å². The third-order valence-corrected chi connectivity index (χ3v) is 2.69. The van der Waals surface area contributed by atoms with E-state index in [1.807, 2.05) is 11.6 Å². The molecule has 16 heavy (non-hydrogen) atoms. The van der Waals surface area contributed by atoms with Gasteiger partial charge >= 0.3 is 0 Å². The summed E-state index contributed by atoms with van der Waals surface area (Å²) in [6.07, 6.45) is 1.69. The summed E-state index contributed by atoms with van der Waals surface area (Å²) in [6.45, 7) is 9.13. The van der Waals surface area contributed by atoms with Crippen LogP contribution in [0.4, 0.5) is 0 Å². The van der Waals surface area contributed by atoms with Crippen molar-refractivity contribution >= 4 is 11.6 Å². The van der Waals surface area contributed by atoms with Gasteiger partial charge in [-0.1, -0.05) is 18.5 Å². The number of hydrogen-bond donors (Lipinski definition) is 1. The highest BCUT2D eigenvalue weighted by Gasteiger charge is 2.18. The van der Waals surface area contributed by atoms with E-state index in [9.17, 15) is 0 Å². The molecule has 0 aliphatic rings. The van der Waals surface area contributed by atoms with Gasteiger partial charge in [-0.25, -0.2) is 0 Å². The molecule has 92 valence electrons. The third kappa shape index (κ3) is 3.20. The summed E-state index contributed by atoms with van der Waals surface area (Å²) in [5, 5.41) is 8.30. The van der Waals surface area contributed by atoms with Gasteiger partial charge in [-0.15, -0.1) is 0 Å². The van der Waals surface area contributed by atoms with Gasteiger partial charge in [0.05, 0.1) is 29.6 Å². The number of nitrogens with one attached hydrogen (secondary N) is 1. The zero-order chi connectivity index (χ0) is 12.0. The Morgan fingerprint density at radius 1 is 1.50 bits per heavy atom. The predicted molar refractivity (Wildman–Crippen MR) is 65.8 cm³/mol. The van der Waals surface area contributed by atoms with E-state index in [0.717, 1.165) is 18.8 Å². The summed E-state index contributed by atoms with van der Waals surface area (Å²) in [5.74, 6) is 0. The predicted octanol–water partition coefficient (Wildman–Crippen LogP) is 2.24. The second kappa shape index (κ2) is 6.89. The fraction of sp³-hybridized carbons (Fsp3) is 0.727. The Labute approximate surface area is 102 Å².